The van der Waals surface area contributed by atoms with Crippen LogP contribution in [0.5, 0.6) is 0 Å². The predicted octanol–water partition coefficient (Wildman–Crippen LogP) is 0.892. The molecule has 43 heavy (non-hydrogen) atoms. The zero-order chi connectivity index (χ0) is 31.0. The highest BCUT2D eigenvalue weighted by Gasteiger charge is 2.45. The molecule has 3 N–H and O–H groups in total. The van der Waals surface area contributed by atoms with E-state index in [-0.39, 0.29) is 24.0 Å². The highest BCUT2D eigenvalue weighted by Crippen LogP contribution is 2.32. The van der Waals surface area contributed by atoms with Gasteiger partial charge in [-0.15, -0.1) is 5.10 Å². The molecule has 1 saturated heterocycles. The molecule has 2 aromatic rings. The van der Waals surface area contributed by atoms with Gasteiger partial charge in [-0.05, 0) is 39.3 Å². The molecule has 1 aromatic carbocycles. The van der Waals surface area contributed by atoms with Gasteiger partial charge in [-0.3, -0.25) is 29.4 Å². The van der Waals surface area contributed by atoms with Crippen LogP contribution in [-0.2, 0) is 36.8 Å². The molecule has 0 saturated carbocycles. The van der Waals surface area contributed by atoms with E-state index in [4.69, 9.17) is 14.2 Å². The SMILES string of the molecule is CC(C)(C)OC(=O)NCCOCCOCCn1nncc1CCNc1cccc2c1C(=O)N(C1CCC(=O)NC1=O)C2=O. The molecule has 0 bridgehead atoms. The second kappa shape index (κ2) is 14.2. The number of anilines is 1. The van der Waals surface area contributed by atoms with Crippen LogP contribution in [0.15, 0.2) is 24.4 Å². The Morgan fingerprint density at radius 2 is 1.81 bits per heavy atom. The number of benzene rings is 1. The van der Waals surface area contributed by atoms with Gasteiger partial charge in [0.15, 0.2) is 0 Å². The summed E-state index contributed by atoms with van der Waals surface area (Å²) in [6.07, 6.45) is 1.85. The Bertz CT molecular complexity index is 1350. The number of hydrogen-bond donors (Lipinski definition) is 3. The maximum absolute atomic E-state index is 13.2. The normalized spacial score (nSPS) is 16.7. The highest BCUT2D eigenvalue weighted by molar-refractivity contribution is 6.25. The lowest BCUT2D eigenvalue weighted by Crippen LogP contribution is -2.54. The van der Waals surface area contributed by atoms with Crippen LogP contribution in [0.4, 0.5) is 10.5 Å². The van der Waals surface area contributed by atoms with E-state index in [1.807, 2.05) is 0 Å². The van der Waals surface area contributed by atoms with Crippen molar-refractivity contribution in [3.63, 3.8) is 0 Å². The van der Waals surface area contributed by atoms with Crippen LogP contribution in [0.1, 0.15) is 60.0 Å². The van der Waals surface area contributed by atoms with E-state index in [2.05, 4.69) is 26.3 Å². The third-order valence-electron chi connectivity index (χ3n) is 6.60. The third kappa shape index (κ3) is 8.35. The van der Waals surface area contributed by atoms with Crippen molar-refractivity contribution >= 4 is 35.4 Å². The summed E-state index contributed by atoms with van der Waals surface area (Å²) in [7, 11) is 0. The van der Waals surface area contributed by atoms with E-state index in [1.165, 1.54) is 0 Å². The van der Waals surface area contributed by atoms with Gasteiger partial charge in [0.1, 0.15) is 11.6 Å². The fourth-order valence-corrected chi connectivity index (χ4v) is 4.66. The molecule has 5 amide bonds. The number of amides is 5. The molecule has 1 aromatic heterocycles. The van der Waals surface area contributed by atoms with Gasteiger partial charge in [-0.1, -0.05) is 11.3 Å². The molecule has 2 aliphatic heterocycles. The van der Waals surface area contributed by atoms with Gasteiger partial charge in [0.2, 0.25) is 11.8 Å². The molecule has 1 unspecified atom stereocenters. The Morgan fingerprint density at radius 1 is 1.05 bits per heavy atom. The van der Waals surface area contributed by atoms with E-state index in [0.717, 1.165) is 10.6 Å². The van der Waals surface area contributed by atoms with Gasteiger partial charge in [0, 0.05) is 31.6 Å². The summed E-state index contributed by atoms with van der Waals surface area (Å²) in [5, 5.41) is 16.1. The van der Waals surface area contributed by atoms with E-state index < -0.39 is 41.4 Å². The number of nitrogens with one attached hydrogen (secondary N) is 3. The molecule has 15 heteroatoms. The lowest BCUT2D eigenvalue weighted by atomic mass is 10.0. The summed E-state index contributed by atoms with van der Waals surface area (Å²) in [6, 6.07) is 3.91. The number of imide groups is 2. The predicted molar refractivity (Wildman–Crippen MR) is 151 cm³/mol. The third-order valence-corrected chi connectivity index (χ3v) is 6.60. The number of carbonyl (C=O) groups is 5. The number of rotatable bonds is 14. The fraction of sp³-hybridized carbons (Fsp3) is 0.536. The van der Waals surface area contributed by atoms with Gasteiger partial charge in [0.25, 0.3) is 11.8 Å². The molecule has 232 valence electrons. The summed E-state index contributed by atoms with van der Waals surface area (Å²) >= 11 is 0. The largest absolute Gasteiger partial charge is 0.444 e. The Balaban J connectivity index is 1.18. The highest BCUT2D eigenvalue weighted by atomic mass is 16.6. The smallest absolute Gasteiger partial charge is 0.407 e. The molecule has 1 atom stereocenters. The zero-order valence-electron chi connectivity index (χ0n) is 24.5. The van der Waals surface area contributed by atoms with E-state index >= 15 is 0 Å². The van der Waals surface area contributed by atoms with Crippen LogP contribution < -0.4 is 16.0 Å². The van der Waals surface area contributed by atoms with Gasteiger partial charge < -0.3 is 24.8 Å². The first kappa shape index (κ1) is 31.6. The second-order valence-corrected chi connectivity index (χ2v) is 11.0. The average Bonchev–Trinajstić information content (AvgIpc) is 3.49. The standard InChI is InChI=1S/C28H37N7O8/c1-28(2,3)43-27(40)30-11-13-41-15-16-42-14-12-34-18(17-31-33-34)9-10-29-20-6-4-5-19-23(20)26(39)35(25(19)38)21-7-8-22(36)32-24(21)37/h4-6,17,21,29H,7-16H2,1-3H3,(H,30,40)(H,32,36,37). The molecule has 0 aliphatic carbocycles. The Morgan fingerprint density at radius 3 is 2.56 bits per heavy atom. The van der Waals surface area contributed by atoms with Crippen molar-refractivity contribution in [3.05, 3.63) is 41.2 Å². The minimum atomic E-state index is -1.02. The number of piperidine rings is 1. The van der Waals surface area contributed by atoms with Crippen molar-refractivity contribution in [2.45, 2.75) is 58.2 Å². The van der Waals surface area contributed by atoms with Gasteiger partial charge >= 0.3 is 6.09 Å². The Kier molecular flexibility index (Phi) is 10.4. The first-order valence-corrected chi connectivity index (χ1v) is 14.1. The van der Waals surface area contributed by atoms with Crippen LogP contribution in [0.2, 0.25) is 0 Å². The molecular weight excluding hydrogens is 562 g/mol. The van der Waals surface area contributed by atoms with Crippen molar-refractivity contribution in [1.29, 1.82) is 0 Å². The Labute approximate surface area is 248 Å². The number of nitrogens with zero attached hydrogens (tertiary/aromatic N) is 4. The van der Waals surface area contributed by atoms with Crippen LogP contribution in [0, 0.1) is 0 Å². The monoisotopic (exact) mass is 599 g/mol. The van der Waals surface area contributed by atoms with Crippen molar-refractivity contribution < 1.29 is 38.2 Å². The van der Waals surface area contributed by atoms with Gasteiger partial charge in [-0.2, -0.15) is 0 Å². The first-order valence-electron chi connectivity index (χ1n) is 14.1. The fourth-order valence-electron chi connectivity index (χ4n) is 4.66. The lowest BCUT2D eigenvalue weighted by molar-refractivity contribution is -0.136. The van der Waals surface area contributed by atoms with E-state index in [0.29, 0.717) is 58.2 Å². The van der Waals surface area contributed by atoms with Crippen molar-refractivity contribution in [1.82, 2.24) is 30.5 Å². The van der Waals surface area contributed by atoms with Crippen molar-refractivity contribution in [2.75, 3.05) is 44.8 Å². The van der Waals surface area contributed by atoms with Crippen LogP contribution in [0.25, 0.3) is 0 Å². The zero-order valence-corrected chi connectivity index (χ0v) is 24.5. The minimum absolute atomic E-state index is 0.0601. The number of alkyl carbamates (subject to hydrolysis) is 1. The number of hydrogen-bond acceptors (Lipinski definition) is 11. The lowest BCUT2D eigenvalue weighted by Gasteiger charge is -2.27. The maximum atomic E-state index is 13.2. The molecule has 1 fully saturated rings. The summed E-state index contributed by atoms with van der Waals surface area (Å²) < 4.78 is 17.9. The van der Waals surface area contributed by atoms with Crippen LogP contribution in [-0.4, -0.2) is 101 Å². The molecule has 2 aliphatic rings. The summed E-state index contributed by atoms with van der Waals surface area (Å²) in [5.74, 6) is -2.19. The maximum Gasteiger partial charge on any atom is 0.407 e. The van der Waals surface area contributed by atoms with Crippen LogP contribution >= 0.6 is 0 Å². The molecule has 15 nitrogen and oxygen atoms in total. The Hall–Kier alpha value is -4.37. The molecule has 3 heterocycles. The van der Waals surface area contributed by atoms with Crippen molar-refractivity contribution in [3.8, 4) is 0 Å². The number of aromatic nitrogens is 3. The van der Waals surface area contributed by atoms with Gasteiger partial charge in [-0.25, -0.2) is 9.48 Å². The number of ether oxygens (including phenoxy) is 3. The van der Waals surface area contributed by atoms with E-state index in [9.17, 15) is 24.0 Å². The van der Waals surface area contributed by atoms with Crippen LogP contribution in [0.3, 0.4) is 0 Å². The first-order chi connectivity index (χ1) is 20.5. The quantitative estimate of drug-likeness (QED) is 0.207. The molecule has 0 spiro atoms. The number of fused-ring (bicyclic) bond motifs is 1. The number of carbonyl (C=O) groups excluding carboxylic acids is 5. The molecule has 0 radical (unpaired) electrons. The average molecular weight is 600 g/mol. The summed E-state index contributed by atoms with van der Waals surface area (Å²) in [4.78, 5) is 62.7. The van der Waals surface area contributed by atoms with Gasteiger partial charge in [0.05, 0.1) is 56.0 Å². The molecule has 4 rings (SSSR count). The summed E-state index contributed by atoms with van der Waals surface area (Å²) in [6.45, 7) is 8.09. The van der Waals surface area contributed by atoms with E-state index in [1.54, 1.807) is 49.8 Å². The minimum Gasteiger partial charge on any atom is -0.444 e. The topological polar surface area (TPSA) is 183 Å². The molecular formula is C28H37N7O8. The second-order valence-electron chi connectivity index (χ2n) is 11.0. The summed E-state index contributed by atoms with van der Waals surface area (Å²) in [5.41, 5.74) is 1.20. The van der Waals surface area contributed by atoms with Crippen molar-refractivity contribution in [2.24, 2.45) is 0 Å².